The molecule has 0 amide bonds. The van der Waals surface area contributed by atoms with E-state index in [1.807, 2.05) is 6.92 Å². The summed E-state index contributed by atoms with van der Waals surface area (Å²) in [5, 5.41) is 0. The number of hydrogen-bond donors (Lipinski definition) is 2. The fourth-order valence-electron chi connectivity index (χ4n) is 3.88. The lowest BCUT2D eigenvalue weighted by atomic mass is 9.89. The number of nitrogens with one attached hydrogen (secondary N) is 1. The molecule has 3 N–H and O–H groups in total. The van der Waals surface area contributed by atoms with Crippen molar-refractivity contribution in [2.75, 3.05) is 6.54 Å². The second-order valence-corrected chi connectivity index (χ2v) is 8.41. The zero-order valence-corrected chi connectivity index (χ0v) is 13.3. The van der Waals surface area contributed by atoms with E-state index in [0.29, 0.717) is 17.4 Å². The Morgan fingerprint density at radius 1 is 1.24 bits per heavy atom. The van der Waals surface area contributed by atoms with Crippen LogP contribution in [0.4, 0.5) is 0 Å². The minimum absolute atomic E-state index is 0.0799. The van der Waals surface area contributed by atoms with E-state index in [0.717, 1.165) is 17.4 Å². The number of fused-ring (bicyclic) bond motifs is 2. The maximum Gasteiger partial charge on any atom is 0.240 e. The van der Waals surface area contributed by atoms with Gasteiger partial charge in [0.05, 0.1) is 4.90 Å². The van der Waals surface area contributed by atoms with Gasteiger partial charge in [-0.15, -0.1) is 0 Å². The van der Waals surface area contributed by atoms with Crippen LogP contribution in [0.25, 0.3) is 0 Å². The standard InChI is InChI=1S/C16H24N2O2S/c1-11(17)13-4-6-16(7-5-13)21(19,20)18-10-15-9-12-2-3-14(15)8-12/h4-7,11-12,14-15,18H,2-3,8-10,17H2,1H3. The highest BCUT2D eigenvalue weighted by atomic mass is 32.2. The topological polar surface area (TPSA) is 72.2 Å². The fraction of sp³-hybridized carbons (Fsp3) is 0.625. The second kappa shape index (κ2) is 5.71. The summed E-state index contributed by atoms with van der Waals surface area (Å²) in [6.45, 7) is 2.47. The third kappa shape index (κ3) is 3.15. The van der Waals surface area contributed by atoms with Crippen LogP contribution in [0, 0.1) is 17.8 Å². The van der Waals surface area contributed by atoms with Gasteiger partial charge in [0.15, 0.2) is 0 Å². The van der Waals surface area contributed by atoms with E-state index >= 15 is 0 Å². The molecule has 0 radical (unpaired) electrons. The first-order valence-electron chi connectivity index (χ1n) is 7.81. The largest absolute Gasteiger partial charge is 0.324 e. The Kier molecular flexibility index (Phi) is 4.08. The van der Waals surface area contributed by atoms with Crippen molar-refractivity contribution in [2.45, 2.75) is 43.5 Å². The van der Waals surface area contributed by atoms with Crippen LogP contribution < -0.4 is 10.5 Å². The summed E-state index contributed by atoms with van der Waals surface area (Å²) in [6.07, 6.45) is 5.11. The van der Waals surface area contributed by atoms with Crippen LogP contribution in [0.3, 0.4) is 0 Å². The quantitative estimate of drug-likeness (QED) is 0.877. The molecule has 1 aromatic carbocycles. The van der Waals surface area contributed by atoms with Crippen LogP contribution >= 0.6 is 0 Å². The number of sulfonamides is 1. The number of nitrogens with two attached hydrogens (primary N) is 1. The Hall–Kier alpha value is -0.910. The Labute approximate surface area is 127 Å². The molecule has 0 heterocycles. The number of hydrogen-bond acceptors (Lipinski definition) is 3. The molecule has 2 aliphatic carbocycles. The molecule has 5 heteroatoms. The van der Waals surface area contributed by atoms with E-state index in [1.165, 1.54) is 25.7 Å². The lowest BCUT2D eigenvalue weighted by molar-refractivity contribution is 0.333. The summed E-state index contributed by atoms with van der Waals surface area (Å²) in [5.41, 5.74) is 6.73. The Balaban J connectivity index is 1.63. The maximum absolute atomic E-state index is 12.3. The van der Waals surface area contributed by atoms with Gasteiger partial charge in [0.1, 0.15) is 0 Å². The molecule has 4 nitrogen and oxygen atoms in total. The molecule has 0 aliphatic heterocycles. The van der Waals surface area contributed by atoms with Gasteiger partial charge >= 0.3 is 0 Å². The highest BCUT2D eigenvalue weighted by Crippen LogP contribution is 2.48. The molecule has 2 bridgehead atoms. The predicted molar refractivity (Wildman–Crippen MR) is 83.2 cm³/mol. The summed E-state index contributed by atoms with van der Waals surface area (Å²) >= 11 is 0. The van der Waals surface area contributed by atoms with Crippen molar-refractivity contribution in [3.05, 3.63) is 29.8 Å². The van der Waals surface area contributed by atoms with Crippen molar-refractivity contribution in [1.82, 2.24) is 4.72 Å². The molecule has 4 atom stereocenters. The first kappa shape index (κ1) is 15.0. The molecular weight excluding hydrogens is 284 g/mol. The van der Waals surface area contributed by atoms with Gasteiger partial charge in [0.2, 0.25) is 10.0 Å². The highest BCUT2D eigenvalue weighted by molar-refractivity contribution is 7.89. The van der Waals surface area contributed by atoms with Gasteiger partial charge in [-0.05, 0) is 61.6 Å². The average molecular weight is 308 g/mol. The van der Waals surface area contributed by atoms with Crippen LogP contribution in [0.1, 0.15) is 44.2 Å². The van der Waals surface area contributed by atoms with Crippen molar-refractivity contribution >= 4 is 10.0 Å². The highest BCUT2D eigenvalue weighted by Gasteiger charge is 2.39. The Morgan fingerprint density at radius 2 is 1.95 bits per heavy atom. The molecule has 0 spiro atoms. The first-order chi connectivity index (χ1) is 9.95. The molecule has 0 saturated heterocycles. The van der Waals surface area contributed by atoms with Gasteiger partial charge in [-0.3, -0.25) is 0 Å². The monoisotopic (exact) mass is 308 g/mol. The van der Waals surface area contributed by atoms with Gasteiger partial charge < -0.3 is 5.73 Å². The van der Waals surface area contributed by atoms with E-state index in [1.54, 1.807) is 24.3 Å². The van der Waals surface area contributed by atoms with Crippen molar-refractivity contribution in [2.24, 2.45) is 23.5 Å². The summed E-state index contributed by atoms with van der Waals surface area (Å²) in [5.74, 6) is 2.11. The van der Waals surface area contributed by atoms with Gasteiger partial charge in [0, 0.05) is 12.6 Å². The molecule has 2 fully saturated rings. The smallest absolute Gasteiger partial charge is 0.240 e. The third-order valence-electron chi connectivity index (χ3n) is 5.14. The van der Waals surface area contributed by atoms with Crippen LogP contribution in [-0.2, 0) is 10.0 Å². The van der Waals surface area contributed by atoms with Crippen LogP contribution in [-0.4, -0.2) is 15.0 Å². The van der Waals surface area contributed by atoms with Crippen LogP contribution in [0.2, 0.25) is 0 Å². The van der Waals surface area contributed by atoms with Gasteiger partial charge in [0.25, 0.3) is 0 Å². The maximum atomic E-state index is 12.3. The third-order valence-corrected chi connectivity index (χ3v) is 6.58. The molecule has 2 saturated carbocycles. The van der Waals surface area contributed by atoms with Crippen molar-refractivity contribution in [3.8, 4) is 0 Å². The Morgan fingerprint density at radius 3 is 2.48 bits per heavy atom. The average Bonchev–Trinajstić information content (AvgIpc) is 3.08. The lowest BCUT2D eigenvalue weighted by Crippen LogP contribution is -2.31. The van der Waals surface area contributed by atoms with E-state index in [9.17, 15) is 8.42 Å². The normalized spacial score (nSPS) is 29.7. The molecule has 2 aliphatic rings. The van der Waals surface area contributed by atoms with Crippen LogP contribution in [0.15, 0.2) is 29.2 Å². The Bertz CT molecular complexity index is 595. The number of benzene rings is 1. The zero-order chi connectivity index (χ0) is 15.0. The van der Waals surface area contributed by atoms with E-state index < -0.39 is 10.0 Å². The van der Waals surface area contributed by atoms with Crippen LogP contribution in [0.5, 0.6) is 0 Å². The SMILES string of the molecule is CC(N)c1ccc(S(=O)(=O)NCC2CC3CCC2C3)cc1. The summed E-state index contributed by atoms with van der Waals surface area (Å²) < 4.78 is 27.5. The second-order valence-electron chi connectivity index (χ2n) is 6.64. The van der Waals surface area contributed by atoms with E-state index in [-0.39, 0.29) is 6.04 Å². The number of rotatable bonds is 5. The molecule has 116 valence electrons. The van der Waals surface area contributed by atoms with Crippen molar-refractivity contribution < 1.29 is 8.42 Å². The lowest BCUT2D eigenvalue weighted by Gasteiger charge is -2.21. The molecule has 21 heavy (non-hydrogen) atoms. The van der Waals surface area contributed by atoms with E-state index in [2.05, 4.69) is 4.72 Å². The minimum Gasteiger partial charge on any atom is -0.324 e. The summed E-state index contributed by atoms with van der Waals surface area (Å²) in [7, 11) is -3.40. The summed E-state index contributed by atoms with van der Waals surface area (Å²) in [6, 6.07) is 6.78. The van der Waals surface area contributed by atoms with E-state index in [4.69, 9.17) is 5.73 Å². The van der Waals surface area contributed by atoms with Gasteiger partial charge in [-0.25, -0.2) is 13.1 Å². The van der Waals surface area contributed by atoms with Gasteiger partial charge in [-0.1, -0.05) is 18.6 Å². The molecule has 0 aromatic heterocycles. The predicted octanol–water partition coefficient (Wildman–Crippen LogP) is 2.42. The minimum atomic E-state index is -3.40. The zero-order valence-electron chi connectivity index (χ0n) is 12.5. The summed E-state index contributed by atoms with van der Waals surface area (Å²) in [4.78, 5) is 0.329. The molecular formula is C16H24N2O2S. The van der Waals surface area contributed by atoms with Gasteiger partial charge in [-0.2, -0.15) is 0 Å². The fourth-order valence-corrected chi connectivity index (χ4v) is 4.97. The molecule has 3 rings (SSSR count). The van der Waals surface area contributed by atoms with Crippen molar-refractivity contribution in [1.29, 1.82) is 0 Å². The molecule has 1 aromatic rings. The first-order valence-corrected chi connectivity index (χ1v) is 9.29. The van der Waals surface area contributed by atoms with Crippen molar-refractivity contribution in [3.63, 3.8) is 0 Å². The molecule has 4 unspecified atom stereocenters.